The Labute approximate surface area is 100 Å². The summed E-state index contributed by atoms with van der Waals surface area (Å²) in [5.41, 5.74) is 2.41. The lowest BCUT2D eigenvalue weighted by atomic mass is 10.2. The van der Waals surface area contributed by atoms with E-state index in [1.54, 1.807) is 0 Å². The van der Waals surface area contributed by atoms with Crippen LogP contribution in [0.3, 0.4) is 0 Å². The topological polar surface area (TPSA) is 55.7 Å². The smallest absolute Gasteiger partial charge is 0.148 e. The second-order valence-corrected chi connectivity index (χ2v) is 4.09. The lowest BCUT2D eigenvalue weighted by molar-refractivity contribution is 0.457. The van der Waals surface area contributed by atoms with Gasteiger partial charge in [0.05, 0.1) is 16.6 Å². The fourth-order valence-corrected chi connectivity index (χ4v) is 1.55. The first-order chi connectivity index (χ1) is 8.20. The summed E-state index contributed by atoms with van der Waals surface area (Å²) in [5, 5.41) is 9.12. The van der Waals surface area contributed by atoms with E-state index in [1.165, 1.54) is 0 Å². The number of nitrogens with one attached hydrogen (secondary N) is 1. The van der Waals surface area contributed by atoms with Crippen molar-refractivity contribution in [2.75, 3.05) is 20.6 Å². The summed E-state index contributed by atoms with van der Waals surface area (Å²) in [4.78, 5) is 9.55. The fourth-order valence-electron chi connectivity index (χ4n) is 1.55. The molecule has 0 radical (unpaired) electrons. The van der Waals surface area contributed by atoms with E-state index in [1.807, 2.05) is 49.3 Å². The van der Waals surface area contributed by atoms with Crippen LogP contribution in [-0.4, -0.2) is 35.5 Å². The highest BCUT2D eigenvalue weighted by Crippen LogP contribution is 2.16. The minimum Gasteiger partial charge on any atom is -0.337 e. The van der Waals surface area contributed by atoms with Gasteiger partial charge in [-0.3, -0.25) is 0 Å². The van der Waals surface area contributed by atoms with Crippen molar-refractivity contribution in [3.63, 3.8) is 0 Å². The number of benzene rings is 1. The first-order valence-corrected chi connectivity index (χ1v) is 5.41. The molecule has 0 fully saturated rings. The second kappa shape index (κ2) is 4.81. The van der Waals surface area contributed by atoms with Gasteiger partial charge in [0.25, 0.3) is 0 Å². The number of H-pyrrole nitrogens is 1. The number of likely N-dealkylation sites (N-methyl/N-ethyl adjacent to an activating group) is 1. The summed E-state index contributed by atoms with van der Waals surface area (Å²) in [7, 11) is 3.92. The number of hydrogen-bond donors (Lipinski definition) is 1. The zero-order chi connectivity index (χ0) is 12.3. The molecule has 1 aromatic carbocycles. The van der Waals surface area contributed by atoms with Gasteiger partial charge in [-0.25, -0.2) is 4.98 Å². The first kappa shape index (κ1) is 11.4. The van der Waals surface area contributed by atoms with E-state index in [2.05, 4.69) is 16.0 Å². The molecule has 1 N–H and O–H groups in total. The number of para-hydroxylation sites is 2. The highest BCUT2D eigenvalue weighted by molar-refractivity contribution is 5.82. The minimum atomic E-state index is 0.579. The molecule has 0 amide bonds. The number of aromatic amines is 1. The maximum Gasteiger partial charge on any atom is 0.148 e. The van der Waals surface area contributed by atoms with Crippen molar-refractivity contribution >= 4 is 16.6 Å². The zero-order valence-corrected chi connectivity index (χ0v) is 9.94. The van der Waals surface area contributed by atoms with Crippen LogP contribution < -0.4 is 0 Å². The number of allylic oxidation sites excluding steroid dienone is 1. The maximum absolute atomic E-state index is 9.12. The van der Waals surface area contributed by atoms with Crippen molar-refractivity contribution in [2.24, 2.45) is 0 Å². The number of hydrogen-bond acceptors (Lipinski definition) is 3. The Morgan fingerprint density at radius 1 is 1.47 bits per heavy atom. The van der Waals surface area contributed by atoms with Crippen LogP contribution in [0.1, 0.15) is 5.82 Å². The molecule has 2 rings (SSSR count). The minimum absolute atomic E-state index is 0.579. The van der Waals surface area contributed by atoms with E-state index in [0.717, 1.165) is 17.6 Å². The van der Waals surface area contributed by atoms with Gasteiger partial charge in [-0.2, -0.15) is 5.26 Å². The van der Waals surface area contributed by atoms with Crippen LogP contribution in [0.5, 0.6) is 0 Å². The average Bonchev–Trinajstić information content (AvgIpc) is 2.72. The van der Waals surface area contributed by atoms with Crippen molar-refractivity contribution in [3.05, 3.63) is 36.2 Å². The molecule has 2 aromatic rings. The molecule has 86 valence electrons. The van der Waals surface area contributed by atoms with Crippen LogP contribution >= 0.6 is 0 Å². The van der Waals surface area contributed by atoms with Gasteiger partial charge in [0.1, 0.15) is 11.9 Å². The molecule has 0 spiro atoms. The quantitative estimate of drug-likeness (QED) is 0.815. The monoisotopic (exact) mass is 226 g/mol. The number of imidazole rings is 1. The van der Waals surface area contributed by atoms with Crippen LogP contribution in [0.25, 0.3) is 16.6 Å². The lowest BCUT2D eigenvalue weighted by Crippen LogP contribution is -2.11. The van der Waals surface area contributed by atoms with Crippen molar-refractivity contribution in [2.45, 2.75) is 0 Å². The van der Waals surface area contributed by atoms with Gasteiger partial charge in [-0.1, -0.05) is 12.1 Å². The molecule has 1 aromatic heterocycles. The molecular formula is C13H14N4. The normalized spacial score (nSPS) is 12.0. The summed E-state index contributed by atoms with van der Waals surface area (Å²) in [6.45, 7) is 0.722. The van der Waals surface area contributed by atoms with E-state index in [9.17, 15) is 0 Å². The Bertz CT molecular complexity index is 554. The summed E-state index contributed by atoms with van der Waals surface area (Å²) >= 11 is 0. The van der Waals surface area contributed by atoms with Gasteiger partial charge in [-0.05, 0) is 32.3 Å². The highest BCUT2D eigenvalue weighted by Gasteiger charge is 2.06. The molecule has 1 heterocycles. The fraction of sp³-hybridized carbons (Fsp3) is 0.231. The van der Waals surface area contributed by atoms with Crippen LogP contribution in [0, 0.1) is 11.3 Å². The average molecular weight is 226 g/mol. The first-order valence-electron chi connectivity index (χ1n) is 5.41. The van der Waals surface area contributed by atoms with Crippen LogP contribution in [0.4, 0.5) is 0 Å². The van der Waals surface area contributed by atoms with E-state index < -0.39 is 0 Å². The standard InChI is InChI=1S/C13H14N4/c1-17(2)8-7-10(9-14)13-15-11-5-3-4-6-12(11)16-13/h3-7H,8H2,1-2H3,(H,15,16)/b10-7+. The van der Waals surface area contributed by atoms with Crippen molar-refractivity contribution in [1.29, 1.82) is 5.26 Å². The number of nitriles is 1. The van der Waals surface area contributed by atoms with Crippen LogP contribution in [0.2, 0.25) is 0 Å². The summed E-state index contributed by atoms with van der Waals surface area (Å²) in [5.74, 6) is 0.635. The number of aromatic nitrogens is 2. The number of nitrogens with zero attached hydrogens (tertiary/aromatic N) is 3. The second-order valence-electron chi connectivity index (χ2n) is 4.09. The predicted molar refractivity (Wildman–Crippen MR) is 68.2 cm³/mol. The Hall–Kier alpha value is -2.12. The molecule has 0 unspecified atom stereocenters. The molecule has 17 heavy (non-hydrogen) atoms. The molecule has 4 nitrogen and oxygen atoms in total. The maximum atomic E-state index is 9.12. The van der Waals surface area contributed by atoms with E-state index >= 15 is 0 Å². The SMILES string of the molecule is CN(C)C/C=C(\C#N)c1nc2ccccc2[nH]1. The Morgan fingerprint density at radius 3 is 2.88 bits per heavy atom. The zero-order valence-electron chi connectivity index (χ0n) is 9.94. The van der Waals surface area contributed by atoms with Gasteiger partial charge >= 0.3 is 0 Å². The summed E-state index contributed by atoms with van der Waals surface area (Å²) in [6, 6.07) is 9.93. The molecule has 4 heteroatoms. The highest BCUT2D eigenvalue weighted by atomic mass is 15.0. The molecule has 0 aliphatic carbocycles. The third-order valence-corrected chi connectivity index (χ3v) is 2.43. The third-order valence-electron chi connectivity index (χ3n) is 2.43. The number of fused-ring (bicyclic) bond motifs is 1. The van der Waals surface area contributed by atoms with E-state index in [0.29, 0.717) is 11.4 Å². The van der Waals surface area contributed by atoms with Crippen LogP contribution in [-0.2, 0) is 0 Å². The third kappa shape index (κ3) is 2.52. The lowest BCUT2D eigenvalue weighted by Gasteiger charge is -2.04. The summed E-state index contributed by atoms with van der Waals surface area (Å²) in [6.07, 6.45) is 1.87. The van der Waals surface area contributed by atoms with Crippen LogP contribution in [0.15, 0.2) is 30.3 Å². The van der Waals surface area contributed by atoms with Gasteiger partial charge in [0.2, 0.25) is 0 Å². The van der Waals surface area contributed by atoms with Gasteiger partial charge in [0, 0.05) is 6.54 Å². The molecule has 0 aliphatic rings. The largest absolute Gasteiger partial charge is 0.337 e. The Morgan fingerprint density at radius 2 is 2.24 bits per heavy atom. The molecular weight excluding hydrogens is 212 g/mol. The molecule has 0 saturated carbocycles. The van der Waals surface area contributed by atoms with Crippen molar-refractivity contribution in [3.8, 4) is 6.07 Å². The van der Waals surface area contributed by atoms with Gasteiger partial charge in [0.15, 0.2) is 0 Å². The number of rotatable bonds is 3. The van der Waals surface area contributed by atoms with Crippen molar-refractivity contribution in [1.82, 2.24) is 14.9 Å². The van der Waals surface area contributed by atoms with E-state index in [-0.39, 0.29) is 0 Å². The van der Waals surface area contributed by atoms with Gasteiger partial charge < -0.3 is 9.88 Å². The molecule has 0 saturated heterocycles. The van der Waals surface area contributed by atoms with Crippen molar-refractivity contribution < 1.29 is 0 Å². The predicted octanol–water partition coefficient (Wildman–Crippen LogP) is 2.03. The molecule has 0 aliphatic heterocycles. The Balaban J connectivity index is 2.37. The molecule has 0 atom stereocenters. The van der Waals surface area contributed by atoms with Gasteiger partial charge in [-0.15, -0.1) is 0 Å². The Kier molecular flexibility index (Phi) is 3.22. The summed E-state index contributed by atoms with van der Waals surface area (Å²) < 4.78 is 0. The van der Waals surface area contributed by atoms with E-state index in [4.69, 9.17) is 5.26 Å². The molecule has 0 bridgehead atoms.